The van der Waals surface area contributed by atoms with Crippen molar-refractivity contribution in [2.45, 2.75) is 55.6 Å². The van der Waals surface area contributed by atoms with Crippen LogP contribution in [-0.2, 0) is 10.2 Å². The van der Waals surface area contributed by atoms with Gasteiger partial charge >= 0.3 is 0 Å². The summed E-state index contributed by atoms with van der Waals surface area (Å²) < 4.78 is 0. The molecule has 1 atom stereocenters. The highest BCUT2D eigenvalue weighted by Crippen LogP contribution is 2.34. The summed E-state index contributed by atoms with van der Waals surface area (Å²) >= 11 is 1.74. The Morgan fingerprint density at radius 3 is 2.65 bits per heavy atom. The van der Waals surface area contributed by atoms with Crippen molar-refractivity contribution in [1.82, 2.24) is 0 Å². The molecule has 1 fully saturated rings. The van der Waals surface area contributed by atoms with Crippen molar-refractivity contribution in [3.05, 3.63) is 29.8 Å². The van der Waals surface area contributed by atoms with E-state index < -0.39 is 0 Å². The molecule has 1 unspecified atom stereocenters. The van der Waals surface area contributed by atoms with Crippen LogP contribution in [0.4, 0.5) is 0 Å². The summed E-state index contributed by atoms with van der Waals surface area (Å²) in [7, 11) is 0. The van der Waals surface area contributed by atoms with Crippen LogP contribution < -0.4 is 0 Å². The summed E-state index contributed by atoms with van der Waals surface area (Å²) in [5, 5.41) is 0.199. The van der Waals surface area contributed by atoms with Gasteiger partial charge in [0.25, 0.3) is 0 Å². The second kappa shape index (κ2) is 4.85. The fourth-order valence-electron chi connectivity index (χ4n) is 2.11. The molecule has 0 N–H and O–H groups in total. The van der Waals surface area contributed by atoms with Crippen LogP contribution in [0.2, 0.25) is 0 Å². The highest BCUT2D eigenvalue weighted by Gasteiger charge is 2.25. The molecule has 0 saturated heterocycles. The maximum absolute atomic E-state index is 11.6. The lowest BCUT2D eigenvalue weighted by molar-refractivity contribution is -0.116. The van der Waals surface area contributed by atoms with Gasteiger partial charge in [-0.25, -0.2) is 0 Å². The molecule has 1 nitrogen and oxygen atoms in total. The van der Waals surface area contributed by atoms with Gasteiger partial charge in [-0.1, -0.05) is 32.9 Å². The lowest BCUT2D eigenvalue weighted by Crippen LogP contribution is -2.11. The molecule has 0 aromatic heterocycles. The smallest absolute Gasteiger partial charge is 0.146 e. The van der Waals surface area contributed by atoms with E-state index in [9.17, 15) is 4.79 Å². The van der Waals surface area contributed by atoms with E-state index in [1.54, 1.807) is 11.8 Å². The van der Waals surface area contributed by atoms with Gasteiger partial charge in [0.2, 0.25) is 0 Å². The molecule has 0 heterocycles. The Balaban J connectivity index is 2.14. The molecule has 1 aliphatic carbocycles. The zero-order chi connectivity index (χ0) is 12.5. The van der Waals surface area contributed by atoms with Gasteiger partial charge in [0.1, 0.15) is 5.78 Å². The number of thioether (sulfide) groups is 1. The summed E-state index contributed by atoms with van der Waals surface area (Å²) in [5.41, 5.74) is 1.52. The number of rotatable bonds is 2. The lowest BCUT2D eigenvalue weighted by atomic mass is 9.87. The molecule has 0 bridgehead atoms. The fraction of sp³-hybridized carbons (Fsp3) is 0.533. The minimum atomic E-state index is 0.177. The SMILES string of the molecule is CC(C)(C)c1cccc(SC2CCCC2=O)c1. The van der Waals surface area contributed by atoms with E-state index in [1.165, 1.54) is 10.5 Å². The second-order valence-corrected chi connectivity index (χ2v) is 7.02. The van der Waals surface area contributed by atoms with E-state index in [4.69, 9.17) is 0 Å². The Hall–Kier alpha value is -0.760. The molecule has 1 saturated carbocycles. The van der Waals surface area contributed by atoms with Crippen LogP contribution in [0.25, 0.3) is 0 Å². The molecular weight excluding hydrogens is 228 g/mol. The predicted octanol–water partition coefficient (Wildman–Crippen LogP) is 4.20. The van der Waals surface area contributed by atoms with Crippen molar-refractivity contribution in [3.63, 3.8) is 0 Å². The number of ketones is 1. The summed E-state index contributed by atoms with van der Waals surface area (Å²) in [5.74, 6) is 0.427. The van der Waals surface area contributed by atoms with E-state index in [0.29, 0.717) is 5.78 Å². The number of carbonyl (C=O) groups excluding carboxylic acids is 1. The van der Waals surface area contributed by atoms with Gasteiger partial charge in [-0.3, -0.25) is 4.79 Å². The van der Waals surface area contributed by atoms with Gasteiger partial charge in [0.05, 0.1) is 5.25 Å². The third kappa shape index (κ3) is 3.12. The highest BCUT2D eigenvalue weighted by atomic mass is 32.2. The number of Topliss-reactive ketones (excluding diaryl/α,β-unsaturated/α-hetero) is 1. The summed E-state index contributed by atoms with van der Waals surface area (Å²) in [6, 6.07) is 8.62. The zero-order valence-corrected chi connectivity index (χ0v) is 11.6. The quantitative estimate of drug-likeness (QED) is 0.780. The Kier molecular flexibility index (Phi) is 3.62. The molecule has 0 spiro atoms. The van der Waals surface area contributed by atoms with E-state index >= 15 is 0 Å². The van der Waals surface area contributed by atoms with Crippen molar-refractivity contribution in [1.29, 1.82) is 0 Å². The van der Waals surface area contributed by atoms with Crippen molar-refractivity contribution in [2.24, 2.45) is 0 Å². The van der Waals surface area contributed by atoms with Gasteiger partial charge in [0.15, 0.2) is 0 Å². The van der Waals surface area contributed by atoms with Gasteiger partial charge in [-0.15, -0.1) is 11.8 Å². The average molecular weight is 248 g/mol. The molecular formula is C15H20OS. The molecule has 2 heteroatoms. The first-order chi connectivity index (χ1) is 7.97. The maximum atomic E-state index is 11.6. The molecule has 1 aromatic rings. The summed E-state index contributed by atoms with van der Waals surface area (Å²) in [6.45, 7) is 6.66. The number of carbonyl (C=O) groups is 1. The van der Waals surface area contributed by atoms with Gasteiger partial charge < -0.3 is 0 Å². The van der Waals surface area contributed by atoms with Crippen molar-refractivity contribution in [3.8, 4) is 0 Å². The van der Waals surface area contributed by atoms with Crippen molar-refractivity contribution in [2.75, 3.05) is 0 Å². The fourth-order valence-corrected chi connectivity index (χ4v) is 3.32. The normalized spacial score (nSPS) is 20.9. The molecule has 0 amide bonds. The van der Waals surface area contributed by atoms with Crippen LogP contribution in [-0.4, -0.2) is 11.0 Å². The number of hydrogen-bond acceptors (Lipinski definition) is 2. The molecule has 1 aromatic carbocycles. The molecule has 2 rings (SSSR count). The summed E-state index contributed by atoms with van der Waals surface area (Å²) in [4.78, 5) is 12.9. The monoisotopic (exact) mass is 248 g/mol. The lowest BCUT2D eigenvalue weighted by Gasteiger charge is -2.20. The van der Waals surface area contributed by atoms with Crippen molar-refractivity contribution < 1.29 is 4.79 Å². The van der Waals surface area contributed by atoms with Crippen molar-refractivity contribution >= 4 is 17.5 Å². The van der Waals surface area contributed by atoms with E-state index in [2.05, 4.69) is 45.0 Å². The van der Waals surface area contributed by atoms with Gasteiger partial charge in [-0.05, 0) is 36.0 Å². The Morgan fingerprint density at radius 1 is 1.29 bits per heavy atom. The first-order valence-electron chi connectivity index (χ1n) is 6.27. The van der Waals surface area contributed by atoms with Crippen LogP contribution in [0.15, 0.2) is 29.2 Å². The molecule has 1 aliphatic rings. The van der Waals surface area contributed by atoms with E-state index in [-0.39, 0.29) is 10.7 Å². The van der Waals surface area contributed by atoms with Crippen LogP contribution in [0, 0.1) is 0 Å². The molecule has 0 radical (unpaired) electrons. The van der Waals surface area contributed by atoms with Crippen LogP contribution in [0.1, 0.15) is 45.6 Å². The van der Waals surface area contributed by atoms with E-state index in [0.717, 1.165) is 19.3 Å². The number of hydrogen-bond donors (Lipinski definition) is 0. The third-order valence-electron chi connectivity index (χ3n) is 3.23. The first-order valence-corrected chi connectivity index (χ1v) is 7.15. The predicted molar refractivity (Wildman–Crippen MR) is 73.6 cm³/mol. The van der Waals surface area contributed by atoms with Crippen LogP contribution in [0.3, 0.4) is 0 Å². The first kappa shape index (κ1) is 12.7. The second-order valence-electron chi connectivity index (χ2n) is 5.74. The number of benzene rings is 1. The molecule has 17 heavy (non-hydrogen) atoms. The molecule has 92 valence electrons. The standard InChI is InChI=1S/C15H20OS/c1-15(2,3)11-6-4-7-12(10-11)17-14-9-5-8-13(14)16/h4,6-7,10,14H,5,8-9H2,1-3H3. The summed E-state index contributed by atoms with van der Waals surface area (Å²) in [6.07, 6.45) is 2.88. The van der Waals surface area contributed by atoms with Gasteiger partial charge in [-0.2, -0.15) is 0 Å². The largest absolute Gasteiger partial charge is 0.298 e. The highest BCUT2D eigenvalue weighted by molar-refractivity contribution is 8.00. The topological polar surface area (TPSA) is 17.1 Å². The Morgan fingerprint density at radius 2 is 2.06 bits per heavy atom. The minimum absolute atomic E-state index is 0.177. The molecule has 0 aliphatic heterocycles. The van der Waals surface area contributed by atoms with Crippen LogP contribution >= 0.6 is 11.8 Å². The Bertz CT molecular complexity index is 417. The third-order valence-corrected chi connectivity index (χ3v) is 4.54. The van der Waals surface area contributed by atoms with Crippen LogP contribution in [0.5, 0.6) is 0 Å². The van der Waals surface area contributed by atoms with Gasteiger partial charge in [0, 0.05) is 11.3 Å². The minimum Gasteiger partial charge on any atom is -0.298 e. The average Bonchev–Trinajstić information content (AvgIpc) is 2.64. The Labute approximate surface area is 108 Å². The maximum Gasteiger partial charge on any atom is 0.146 e. The van der Waals surface area contributed by atoms with E-state index in [1.807, 2.05) is 0 Å². The zero-order valence-electron chi connectivity index (χ0n) is 10.8.